The predicted molar refractivity (Wildman–Crippen MR) is 86.9 cm³/mol. The van der Waals surface area contributed by atoms with Crippen LogP contribution in [0.1, 0.15) is 25.5 Å². The molecule has 4 heteroatoms. The van der Waals surface area contributed by atoms with Gasteiger partial charge < -0.3 is 10.6 Å². The maximum absolute atomic E-state index is 11.1. The van der Waals surface area contributed by atoms with Gasteiger partial charge in [-0.2, -0.15) is 0 Å². The van der Waals surface area contributed by atoms with E-state index in [1.54, 1.807) is 0 Å². The molecule has 3 nitrogen and oxygen atoms in total. The van der Waals surface area contributed by atoms with Gasteiger partial charge in [0.25, 0.3) is 0 Å². The summed E-state index contributed by atoms with van der Waals surface area (Å²) in [5.41, 5.74) is 2.97. The summed E-state index contributed by atoms with van der Waals surface area (Å²) in [4.78, 5) is 11.1. The Labute approximate surface area is 127 Å². The lowest BCUT2D eigenvalue weighted by Gasteiger charge is -2.16. The Morgan fingerprint density at radius 1 is 1.10 bits per heavy atom. The second kappa shape index (κ2) is 6.57. The van der Waals surface area contributed by atoms with E-state index in [1.165, 1.54) is 12.5 Å². The smallest absolute Gasteiger partial charge is 0.221 e. The molecular formula is C16H17BrN2O. The highest BCUT2D eigenvalue weighted by molar-refractivity contribution is 9.10. The fourth-order valence-electron chi connectivity index (χ4n) is 2.00. The van der Waals surface area contributed by atoms with Crippen molar-refractivity contribution in [2.24, 2.45) is 0 Å². The van der Waals surface area contributed by atoms with Crippen molar-refractivity contribution >= 4 is 33.2 Å². The van der Waals surface area contributed by atoms with Gasteiger partial charge >= 0.3 is 0 Å². The molecule has 0 bridgehead atoms. The third kappa shape index (κ3) is 4.10. The quantitative estimate of drug-likeness (QED) is 0.860. The Balaban J connectivity index is 2.11. The fraction of sp³-hybridized carbons (Fsp3) is 0.188. The van der Waals surface area contributed by atoms with Crippen LogP contribution in [0, 0.1) is 0 Å². The normalized spacial score (nSPS) is 11.8. The molecule has 0 aliphatic heterocycles. The van der Waals surface area contributed by atoms with Gasteiger partial charge in [-0.3, -0.25) is 4.79 Å². The van der Waals surface area contributed by atoms with Gasteiger partial charge in [0, 0.05) is 28.8 Å². The Morgan fingerprint density at radius 3 is 2.50 bits per heavy atom. The molecule has 1 atom stereocenters. The number of nitrogens with one attached hydrogen (secondary N) is 2. The van der Waals surface area contributed by atoms with E-state index < -0.39 is 0 Å². The molecule has 0 aromatic heterocycles. The summed E-state index contributed by atoms with van der Waals surface area (Å²) in [7, 11) is 0. The van der Waals surface area contributed by atoms with Crippen molar-refractivity contribution < 1.29 is 4.79 Å². The summed E-state index contributed by atoms with van der Waals surface area (Å²) < 4.78 is 1.07. The number of halogens is 1. The largest absolute Gasteiger partial charge is 0.378 e. The van der Waals surface area contributed by atoms with Crippen molar-refractivity contribution in [1.82, 2.24) is 0 Å². The first kappa shape index (κ1) is 14.6. The third-order valence-electron chi connectivity index (χ3n) is 2.91. The van der Waals surface area contributed by atoms with E-state index in [-0.39, 0.29) is 11.9 Å². The number of amides is 1. The van der Waals surface area contributed by atoms with Gasteiger partial charge in [-0.1, -0.05) is 34.1 Å². The zero-order chi connectivity index (χ0) is 14.5. The van der Waals surface area contributed by atoms with Crippen LogP contribution in [-0.4, -0.2) is 5.91 Å². The first-order valence-corrected chi connectivity index (χ1v) is 7.23. The van der Waals surface area contributed by atoms with Crippen LogP contribution in [0.5, 0.6) is 0 Å². The van der Waals surface area contributed by atoms with E-state index >= 15 is 0 Å². The summed E-state index contributed by atoms with van der Waals surface area (Å²) in [5, 5.41) is 6.21. The number of carbonyl (C=O) groups excluding carboxylic acids is 1. The molecule has 0 saturated heterocycles. The second-order valence-electron chi connectivity index (χ2n) is 4.68. The number of hydrogen-bond donors (Lipinski definition) is 2. The van der Waals surface area contributed by atoms with Gasteiger partial charge in [-0.15, -0.1) is 0 Å². The number of benzene rings is 2. The monoisotopic (exact) mass is 332 g/mol. The molecular weight excluding hydrogens is 316 g/mol. The Hall–Kier alpha value is -1.81. The predicted octanol–water partition coefficient (Wildman–Crippen LogP) is 4.58. The van der Waals surface area contributed by atoms with Gasteiger partial charge in [0.2, 0.25) is 5.91 Å². The molecule has 0 radical (unpaired) electrons. The summed E-state index contributed by atoms with van der Waals surface area (Å²) in [5.74, 6) is -0.0674. The maximum Gasteiger partial charge on any atom is 0.221 e. The van der Waals surface area contributed by atoms with Crippen molar-refractivity contribution in [2.75, 3.05) is 10.6 Å². The minimum atomic E-state index is -0.0674. The molecule has 1 unspecified atom stereocenters. The first-order valence-electron chi connectivity index (χ1n) is 6.44. The second-order valence-corrected chi connectivity index (χ2v) is 5.60. The van der Waals surface area contributed by atoms with Crippen LogP contribution in [0.3, 0.4) is 0 Å². The number of hydrogen-bond acceptors (Lipinski definition) is 2. The number of carbonyl (C=O) groups is 1. The third-order valence-corrected chi connectivity index (χ3v) is 3.41. The van der Waals surface area contributed by atoms with Crippen LogP contribution in [-0.2, 0) is 4.79 Å². The molecule has 104 valence electrons. The van der Waals surface area contributed by atoms with Crippen molar-refractivity contribution in [2.45, 2.75) is 19.9 Å². The summed E-state index contributed by atoms with van der Waals surface area (Å²) in [6.07, 6.45) is 0. The van der Waals surface area contributed by atoms with Crippen molar-refractivity contribution in [3.8, 4) is 0 Å². The van der Waals surface area contributed by atoms with E-state index in [0.717, 1.165) is 15.8 Å². The lowest BCUT2D eigenvalue weighted by atomic mass is 10.1. The highest BCUT2D eigenvalue weighted by Gasteiger charge is 2.06. The van der Waals surface area contributed by atoms with E-state index in [0.29, 0.717) is 0 Å². The Morgan fingerprint density at radius 2 is 1.80 bits per heavy atom. The topological polar surface area (TPSA) is 41.1 Å². The average molecular weight is 333 g/mol. The van der Waals surface area contributed by atoms with Crippen LogP contribution in [0.15, 0.2) is 53.0 Å². The van der Waals surface area contributed by atoms with E-state index in [2.05, 4.69) is 45.6 Å². The van der Waals surface area contributed by atoms with Gasteiger partial charge in [0.05, 0.1) is 0 Å². The maximum atomic E-state index is 11.1. The van der Waals surface area contributed by atoms with E-state index in [4.69, 9.17) is 0 Å². The molecule has 2 N–H and O–H groups in total. The molecule has 20 heavy (non-hydrogen) atoms. The van der Waals surface area contributed by atoms with E-state index in [1.807, 2.05) is 36.4 Å². The van der Waals surface area contributed by atoms with Crippen LogP contribution in [0.4, 0.5) is 11.4 Å². The minimum absolute atomic E-state index is 0.0674. The standard InChI is InChI=1S/C16H17BrN2O/c1-11(13-5-3-6-14(17)9-13)18-15-7-4-8-16(10-15)19-12(2)20/h3-11,18H,1-2H3,(H,19,20). The van der Waals surface area contributed by atoms with Crippen molar-refractivity contribution in [3.05, 3.63) is 58.6 Å². The van der Waals surface area contributed by atoms with Gasteiger partial charge in [0.15, 0.2) is 0 Å². The molecule has 2 rings (SSSR count). The number of rotatable bonds is 4. The SMILES string of the molecule is CC(=O)Nc1cccc(NC(C)c2cccc(Br)c2)c1. The number of anilines is 2. The molecule has 0 fully saturated rings. The molecule has 2 aromatic carbocycles. The molecule has 0 aliphatic rings. The zero-order valence-corrected chi connectivity index (χ0v) is 13.1. The van der Waals surface area contributed by atoms with Gasteiger partial charge in [0.1, 0.15) is 0 Å². The first-order chi connectivity index (χ1) is 9.54. The molecule has 0 heterocycles. The zero-order valence-electron chi connectivity index (χ0n) is 11.5. The fourth-order valence-corrected chi connectivity index (χ4v) is 2.42. The molecule has 2 aromatic rings. The summed E-state index contributed by atoms with van der Waals surface area (Å²) >= 11 is 3.48. The van der Waals surface area contributed by atoms with Gasteiger partial charge in [-0.25, -0.2) is 0 Å². The highest BCUT2D eigenvalue weighted by atomic mass is 79.9. The Bertz CT molecular complexity index is 613. The summed E-state index contributed by atoms with van der Waals surface area (Å²) in [6.45, 7) is 3.61. The van der Waals surface area contributed by atoms with Crippen LogP contribution >= 0.6 is 15.9 Å². The molecule has 0 saturated carbocycles. The summed E-state index contributed by atoms with van der Waals surface area (Å²) in [6, 6.07) is 16.1. The minimum Gasteiger partial charge on any atom is -0.378 e. The average Bonchev–Trinajstić information content (AvgIpc) is 2.38. The lowest BCUT2D eigenvalue weighted by Crippen LogP contribution is -2.08. The van der Waals surface area contributed by atoms with Crippen molar-refractivity contribution in [1.29, 1.82) is 0 Å². The molecule has 1 amide bonds. The van der Waals surface area contributed by atoms with Crippen LogP contribution < -0.4 is 10.6 Å². The van der Waals surface area contributed by atoms with Crippen LogP contribution in [0.25, 0.3) is 0 Å². The van der Waals surface area contributed by atoms with Gasteiger partial charge in [-0.05, 0) is 42.8 Å². The lowest BCUT2D eigenvalue weighted by molar-refractivity contribution is -0.114. The Kier molecular flexibility index (Phi) is 4.79. The van der Waals surface area contributed by atoms with Crippen LogP contribution in [0.2, 0.25) is 0 Å². The van der Waals surface area contributed by atoms with Crippen molar-refractivity contribution in [3.63, 3.8) is 0 Å². The molecule has 0 aliphatic carbocycles. The van der Waals surface area contributed by atoms with E-state index in [9.17, 15) is 4.79 Å². The highest BCUT2D eigenvalue weighted by Crippen LogP contribution is 2.23. The molecule has 0 spiro atoms.